The van der Waals surface area contributed by atoms with Gasteiger partial charge in [-0.2, -0.15) is 0 Å². The molecule has 0 aliphatic carbocycles. The fourth-order valence-electron chi connectivity index (χ4n) is 1.82. The number of ketones is 1. The van der Waals surface area contributed by atoms with E-state index in [1.165, 1.54) is 0 Å². The van der Waals surface area contributed by atoms with Crippen molar-refractivity contribution >= 4 is 33.0 Å². The highest BCUT2D eigenvalue weighted by Gasteiger charge is 2.12. The van der Waals surface area contributed by atoms with E-state index in [0.717, 1.165) is 15.9 Å². The molecular weight excluding hydrogens is 340 g/mol. The molecule has 20 heavy (non-hydrogen) atoms. The smallest absolute Gasteiger partial charge is 0.176 e. The highest BCUT2D eigenvalue weighted by molar-refractivity contribution is 9.10. The lowest BCUT2D eigenvalue weighted by molar-refractivity contribution is 0.0942. The highest BCUT2D eigenvalue weighted by atomic mass is 79.9. The van der Waals surface area contributed by atoms with Crippen LogP contribution >= 0.6 is 27.3 Å². The van der Waals surface area contributed by atoms with Crippen LogP contribution in [-0.2, 0) is 6.54 Å². The average Bonchev–Trinajstić information content (AvgIpc) is 2.91. The Morgan fingerprint density at radius 3 is 2.90 bits per heavy atom. The van der Waals surface area contributed by atoms with E-state index in [2.05, 4.69) is 20.9 Å². The number of Topliss-reactive ketones (excluding diaryl/α,β-unsaturated/α-hetero) is 1. The van der Waals surface area contributed by atoms with Gasteiger partial charge in [0.05, 0.1) is 29.3 Å². The summed E-state index contributed by atoms with van der Waals surface area (Å²) in [5.41, 5.74) is 3.45. The maximum absolute atomic E-state index is 12.2. The maximum atomic E-state index is 12.2. The molecule has 2 rings (SSSR count). The number of nitrogens with zero attached hydrogens (tertiary/aromatic N) is 2. The Kier molecular flexibility index (Phi) is 5.28. The van der Waals surface area contributed by atoms with E-state index >= 15 is 0 Å². The molecule has 0 N–H and O–H groups in total. The van der Waals surface area contributed by atoms with Gasteiger partial charge in [0.1, 0.15) is 5.75 Å². The van der Waals surface area contributed by atoms with Crippen LogP contribution < -0.4 is 4.74 Å². The van der Waals surface area contributed by atoms with Gasteiger partial charge in [-0.3, -0.25) is 9.69 Å². The van der Waals surface area contributed by atoms with Crippen LogP contribution in [0.25, 0.3) is 0 Å². The number of ether oxygens (including phenoxy) is 1. The van der Waals surface area contributed by atoms with E-state index in [9.17, 15) is 4.79 Å². The van der Waals surface area contributed by atoms with Crippen LogP contribution in [0.1, 0.15) is 16.1 Å². The van der Waals surface area contributed by atoms with Crippen molar-refractivity contribution in [3.63, 3.8) is 0 Å². The van der Waals surface area contributed by atoms with Gasteiger partial charge in [-0.05, 0) is 41.2 Å². The molecule has 0 spiro atoms. The Hall–Kier alpha value is -1.24. The summed E-state index contributed by atoms with van der Waals surface area (Å²) < 4.78 is 5.94. The van der Waals surface area contributed by atoms with Gasteiger partial charge in [-0.1, -0.05) is 0 Å². The van der Waals surface area contributed by atoms with E-state index in [0.29, 0.717) is 18.7 Å². The summed E-state index contributed by atoms with van der Waals surface area (Å²) in [7, 11) is 3.51. The number of aromatic nitrogens is 1. The Labute approximate surface area is 130 Å². The van der Waals surface area contributed by atoms with Gasteiger partial charge in [0.2, 0.25) is 0 Å². The minimum atomic E-state index is 0.0751. The Bertz CT molecular complexity index is 587. The maximum Gasteiger partial charge on any atom is 0.176 e. The third-order valence-electron chi connectivity index (χ3n) is 2.80. The van der Waals surface area contributed by atoms with Crippen LogP contribution in [0.2, 0.25) is 0 Å². The van der Waals surface area contributed by atoms with Crippen molar-refractivity contribution in [3.8, 4) is 5.75 Å². The third-order valence-corrected chi connectivity index (χ3v) is 4.06. The number of likely N-dealkylation sites (N-methyl/N-ethyl adjacent to an activating group) is 1. The van der Waals surface area contributed by atoms with Crippen LogP contribution in [0.4, 0.5) is 0 Å². The minimum Gasteiger partial charge on any atom is -0.496 e. The van der Waals surface area contributed by atoms with Crippen LogP contribution in [0.15, 0.2) is 33.6 Å². The zero-order chi connectivity index (χ0) is 14.5. The predicted molar refractivity (Wildman–Crippen MR) is 83.5 cm³/mol. The molecule has 0 saturated carbocycles. The van der Waals surface area contributed by atoms with E-state index in [1.54, 1.807) is 42.2 Å². The molecule has 1 aromatic heterocycles. The summed E-state index contributed by atoms with van der Waals surface area (Å²) in [6.07, 6.45) is 0. The fraction of sp³-hybridized carbons (Fsp3) is 0.286. The molecule has 0 fully saturated rings. The number of benzene rings is 1. The molecule has 1 aromatic carbocycles. The topological polar surface area (TPSA) is 42.4 Å². The van der Waals surface area contributed by atoms with E-state index in [4.69, 9.17) is 4.74 Å². The molecular formula is C14H15BrN2O2S. The van der Waals surface area contributed by atoms with Gasteiger partial charge < -0.3 is 4.74 Å². The summed E-state index contributed by atoms with van der Waals surface area (Å²) >= 11 is 4.95. The lowest BCUT2D eigenvalue weighted by Crippen LogP contribution is -2.25. The lowest BCUT2D eigenvalue weighted by atomic mass is 10.1. The van der Waals surface area contributed by atoms with Crippen LogP contribution in [-0.4, -0.2) is 36.4 Å². The zero-order valence-corrected chi connectivity index (χ0v) is 13.7. The van der Waals surface area contributed by atoms with Crippen molar-refractivity contribution in [2.24, 2.45) is 0 Å². The molecule has 106 valence electrons. The van der Waals surface area contributed by atoms with Gasteiger partial charge in [0, 0.05) is 17.5 Å². The zero-order valence-electron chi connectivity index (χ0n) is 11.3. The summed E-state index contributed by atoms with van der Waals surface area (Å²) in [6.45, 7) is 1.03. The second kappa shape index (κ2) is 6.97. The number of hydrogen-bond acceptors (Lipinski definition) is 5. The van der Waals surface area contributed by atoms with Crippen molar-refractivity contribution in [2.45, 2.75) is 6.54 Å². The van der Waals surface area contributed by atoms with E-state index < -0.39 is 0 Å². The van der Waals surface area contributed by atoms with Crippen molar-refractivity contribution < 1.29 is 9.53 Å². The first kappa shape index (κ1) is 15.2. The number of halogens is 1. The molecule has 0 atom stereocenters. The first-order valence-corrected chi connectivity index (χ1v) is 7.76. The van der Waals surface area contributed by atoms with Gasteiger partial charge in [-0.25, -0.2) is 4.98 Å². The summed E-state index contributed by atoms with van der Waals surface area (Å²) in [5.74, 6) is 0.795. The second-order valence-electron chi connectivity index (χ2n) is 4.42. The molecule has 0 saturated heterocycles. The first-order chi connectivity index (χ1) is 9.60. The molecule has 1 heterocycles. The van der Waals surface area contributed by atoms with Crippen molar-refractivity contribution in [1.82, 2.24) is 9.88 Å². The molecule has 6 heteroatoms. The normalized spacial score (nSPS) is 10.8. The minimum absolute atomic E-state index is 0.0751. The Morgan fingerprint density at radius 1 is 1.50 bits per heavy atom. The summed E-state index contributed by atoms with van der Waals surface area (Å²) in [5, 5.41) is 1.99. The quantitative estimate of drug-likeness (QED) is 0.747. The van der Waals surface area contributed by atoms with Crippen molar-refractivity contribution in [2.75, 3.05) is 20.7 Å². The number of carbonyl (C=O) groups is 1. The largest absolute Gasteiger partial charge is 0.496 e. The molecule has 0 radical (unpaired) electrons. The molecule has 0 aliphatic heterocycles. The molecule has 2 aromatic rings. The molecule has 4 nitrogen and oxygen atoms in total. The van der Waals surface area contributed by atoms with Crippen LogP contribution in [0, 0.1) is 0 Å². The molecule has 0 bridgehead atoms. The van der Waals surface area contributed by atoms with E-state index in [1.807, 2.05) is 17.3 Å². The highest BCUT2D eigenvalue weighted by Crippen LogP contribution is 2.25. The first-order valence-electron chi connectivity index (χ1n) is 6.02. The number of hydrogen-bond donors (Lipinski definition) is 0. The average molecular weight is 355 g/mol. The van der Waals surface area contributed by atoms with Crippen LogP contribution in [0.5, 0.6) is 5.75 Å². The number of thiazole rings is 1. The van der Waals surface area contributed by atoms with Gasteiger partial charge >= 0.3 is 0 Å². The third kappa shape index (κ3) is 3.88. The monoisotopic (exact) mass is 354 g/mol. The summed E-state index contributed by atoms with van der Waals surface area (Å²) in [6, 6.07) is 5.36. The summed E-state index contributed by atoms with van der Waals surface area (Å²) in [4.78, 5) is 18.4. The van der Waals surface area contributed by atoms with Crippen molar-refractivity contribution in [1.29, 1.82) is 0 Å². The molecule has 0 unspecified atom stereocenters. The molecule has 0 aliphatic rings. The van der Waals surface area contributed by atoms with Crippen molar-refractivity contribution in [3.05, 3.63) is 44.8 Å². The standard InChI is InChI=1S/C14H15BrN2O2S/c1-17(6-11-8-20-9-16-11)7-13(18)10-3-4-14(19-2)12(15)5-10/h3-5,8-9H,6-7H2,1-2H3. The SMILES string of the molecule is COc1ccc(C(=O)CN(C)Cc2cscn2)cc1Br. The Balaban J connectivity index is 1.99. The number of carbonyl (C=O) groups excluding carboxylic acids is 1. The molecule has 0 amide bonds. The fourth-order valence-corrected chi connectivity index (χ4v) is 2.91. The number of methoxy groups -OCH3 is 1. The number of rotatable bonds is 6. The van der Waals surface area contributed by atoms with Gasteiger partial charge in [0.25, 0.3) is 0 Å². The van der Waals surface area contributed by atoms with E-state index in [-0.39, 0.29) is 5.78 Å². The van der Waals surface area contributed by atoms with Gasteiger partial charge in [0.15, 0.2) is 5.78 Å². The second-order valence-corrected chi connectivity index (χ2v) is 6.00. The predicted octanol–water partition coefficient (Wildman–Crippen LogP) is 3.23. The Morgan fingerprint density at radius 2 is 2.30 bits per heavy atom. The van der Waals surface area contributed by atoms with Gasteiger partial charge in [-0.15, -0.1) is 11.3 Å². The lowest BCUT2D eigenvalue weighted by Gasteiger charge is -2.14. The van der Waals surface area contributed by atoms with Crippen LogP contribution in [0.3, 0.4) is 0 Å².